The van der Waals surface area contributed by atoms with Crippen LogP contribution in [0, 0.1) is 0 Å². The third kappa shape index (κ3) is 6.66. The molecule has 1 aromatic heterocycles. The van der Waals surface area contributed by atoms with E-state index in [1.165, 1.54) is 11.8 Å². The minimum Gasteiger partial charge on any atom is -0.355 e. The van der Waals surface area contributed by atoms with Crippen molar-refractivity contribution in [2.45, 2.75) is 36.6 Å². The number of hydrogen-bond donors (Lipinski definition) is 1. The molecule has 0 radical (unpaired) electrons. The third-order valence-corrected chi connectivity index (χ3v) is 5.22. The standard InChI is InChI=1S/C20H24BrN3O2S/c1-3-11-22-18(25)14-24(12-4-2)20(26)16-7-5-6-8-17(16)27-19-10-9-15(21)13-23-19/h5-10,13H,3-4,11-12,14H2,1-2H3,(H,22,25). The second-order valence-corrected chi connectivity index (χ2v) is 7.97. The Hall–Kier alpha value is -1.86. The topological polar surface area (TPSA) is 62.3 Å². The maximum Gasteiger partial charge on any atom is 0.255 e. The quantitative estimate of drug-likeness (QED) is 0.616. The van der Waals surface area contributed by atoms with Crippen LogP contribution in [0.3, 0.4) is 0 Å². The van der Waals surface area contributed by atoms with Crippen molar-refractivity contribution in [3.63, 3.8) is 0 Å². The fourth-order valence-corrected chi connectivity index (χ4v) is 3.57. The highest BCUT2D eigenvalue weighted by Crippen LogP contribution is 2.30. The van der Waals surface area contributed by atoms with Gasteiger partial charge in [-0.3, -0.25) is 9.59 Å². The molecule has 0 bridgehead atoms. The molecule has 0 saturated carbocycles. The molecule has 1 heterocycles. The van der Waals surface area contributed by atoms with Crippen LogP contribution in [0.1, 0.15) is 37.0 Å². The molecule has 1 N–H and O–H groups in total. The van der Waals surface area contributed by atoms with Gasteiger partial charge in [0.25, 0.3) is 5.91 Å². The molecule has 0 unspecified atom stereocenters. The summed E-state index contributed by atoms with van der Waals surface area (Å²) in [5.41, 5.74) is 0.587. The maximum absolute atomic E-state index is 13.1. The molecule has 1 aromatic carbocycles. The number of carbonyl (C=O) groups excluding carboxylic acids is 2. The Bertz CT molecular complexity index is 768. The Morgan fingerprint density at radius 3 is 2.59 bits per heavy atom. The number of amides is 2. The van der Waals surface area contributed by atoms with Gasteiger partial charge in [-0.1, -0.05) is 37.7 Å². The molecular formula is C20H24BrN3O2S. The van der Waals surface area contributed by atoms with Crippen LogP contribution in [-0.2, 0) is 4.79 Å². The number of hydrogen-bond acceptors (Lipinski definition) is 4. The first-order valence-electron chi connectivity index (χ1n) is 8.99. The number of halogens is 1. The molecule has 0 atom stereocenters. The summed E-state index contributed by atoms with van der Waals surface area (Å²) >= 11 is 4.81. The predicted molar refractivity (Wildman–Crippen MR) is 112 cm³/mol. The van der Waals surface area contributed by atoms with Crippen molar-refractivity contribution in [2.24, 2.45) is 0 Å². The molecule has 0 spiro atoms. The number of carbonyl (C=O) groups is 2. The molecule has 0 aliphatic rings. The van der Waals surface area contributed by atoms with Gasteiger partial charge in [0.05, 0.1) is 12.1 Å². The van der Waals surface area contributed by atoms with Crippen LogP contribution in [0.2, 0.25) is 0 Å². The van der Waals surface area contributed by atoms with Crippen molar-refractivity contribution in [3.05, 3.63) is 52.6 Å². The van der Waals surface area contributed by atoms with E-state index in [2.05, 4.69) is 26.2 Å². The number of benzene rings is 1. The summed E-state index contributed by atoms with van der Waals surface area (Å²) in [7, 11) is 0. The van der Waals surface area contributed by atoms with Gasteiger partial charge in [0.15, 0.2) is 0 Å². The molecule has 7 heteroatoms. The summed E-state index contributed by atoms with van der Waals surface area (Å²) in [5.74, 6) is -0.262. The maximum atomic E-state index is 13.1. The van der Waals surface area contributed by atoms with Gasteiger partial charge in [0.2, 0.25) is 5.91 Å². The highest BCUT2D eigenvalue weighted by atomic mass is 79.9. The van der Waals surface area contributed by atoms with Crippen molar-refractivity contribution < 1.29 is 9.59 Å². The Labute approximate surface area is 173 Å². The molecule has 0 aliphatic carbocycles. The second kappa shape index (κ2) is 11.1. The normalized spacial score (nSPS) is 10.5. The fourth-order valence-electron chi connectivity index (χ4n) is 2.45. The Morgan fingerprint density at radius 2 is 1.93 bits per heavy atom. The van der Waals surface area contributed by atoms with E-state index in [4.69, 9.17) is 0 Å². The van der Waals surface area contributed by atoms with Crippen LogP contribution in [-0.4, -0.2) is 41.3 Å². The summed E-state index contributed by atoms with van der Waals surface area (Å²) in [4.78, 5) is 32.0. The molecular weight excluding hydrogens is 426 g/mol. The van der Waals surface area contributed by atoms with Crippen molar-refractivity contribution in [1.29, 1.82) is 0 Å². The first-order valence-corrected chi connectivity index (χ1v) is 10.6. The average Bonchev–Trinajstić information content (AvgIpc) is 2.67. The monoisotopic (exact) mass is 449 g/mol. The van der Waals surface area contributed by atoms with Gasteiger partial charge in [-0.25, -0.2) is 4.98 Å². The molecule has 2 rings (SSSR count). The minimum atomic E-state index is -0.135. The van der Waals surface area contributed by atoms with Gasteiger partial charge in [-0.15, -0.1) is 0 Å². The van der Waals surface area contributed by atoms with Gasteiger partial charge < -0.3 is 10.2 Å². The van der Waals surface area contributed by atoms with Crippen molar-refractivity contribution in [3.8, 4) is 0 Å². The third-order valence-electron chi connectivity index (χ3n) is 3.72. The molecule has 0 aliphatic heterocycles. The number of nitrogens with zero attached hydrogens (tertiary/aromatic N) is 2. The highest BCUT2D eigenvalue weighted by molar-refractivity contribution is 9.10. The van der Waals surface area contributed by atoms with E-state index in [1.54, 1.807) is 17.2 Å². The van der Waals surface area contributed by atoms with Crippen molar-refractivity contribution >= 4 is 39.5 Å². The predicted octanol–water partition coefficient (Wildman–Crippen LogP) is 4.37. The van der Waals surface area contributed by atoms with Crippen LogP contribution < -0.4 is 5.32 Å². The fraction of sp³-hybridized carbons (Fsp3) is 0.350. The summed E-state index contributed by atoms with van der Waals surface area (Å²) < 4.78 is 0.906. The Morgan fingerprint density at radius 1 is 1.15 bits per heavy atom. The molecule has 144 valence electrons. The summed E-state index contributed by atoms with van der Waals surface area (Å²) in [6.07, 6.45) is 3.39. The minimum absolute atomic E-state index is 0.0716. The van der Waals surface area contributed by atoms with E-state index in [-0.39, 0.29) is 18.4 Å². The number of nitrogens with one attached hydrogen (secondary N) is 1. The van der Waals surface area contributed by atoms with E-state index >= 15 is 0 Å². The first-order chi connectivity index (χ1) is 13.0. The lowest BCUT2D eigenvalue weighted by molar-refractivity contribution is -0.121. The summed E-state index contributed by atoms with van der Waals surface area (Å²) in [6, 6.07) is 11.3. The van der Waals surface area contributed by atoms with E-state index in [0.29, 0.717) is 18.7 Å². The molecule has 2 amide bonds. The molecule has 2 aromatic rings. The van der Waals surface area contributed by atoms with E-state index in [9.17, 15) is 9.59 Å². The van der Waals surface area contributed by atoms with Gasteiger partial charge in [0, 0.05) is 28.7 Å². The van der Waals surface area contributed by atoms with Crippen LogP contribution in [0.5, 0.6) is 0 Å². The first kappa shape index (κ1) is 21.4. The van der Waals surface area contributed by atoms with Crippen molar-refractivity contribution in [2.75, 3.05) is 19.6 Å². The smallest absolute Gasteiger partial charge is 0.255 e. The molecule has 27 heavy (non-hydrogen) atoms. The Kier molecular flexibility index (Phi) is 8.81. The van der Waals surface area contributed by atoms with Gasteiger partial charge >= 0.3 is 0 Å². The zero-order valence-electron chi connectivity index (χ0n) is 15.6. The molecule has 5 nitrogen and oxygen atoms in total. The second-order valence-electron chi connectivity index (χ2n) is 5.99. The van der Waals surface area contributed by atoms with Gasteiger partial charge in [0.1, 0.15) is 5.03 Å². The zero-order chi connectivity index (χ0) is 19.6. The van der Waals surface area contributed by atoms with Crippen LogP contribution in [0.4, 0.5) is 0 Å². The highest BCUT2D eigenvalue weighted by Gasteiger charge is 2.21. The van der Waals surface area contributed by atoms with E-state index in [0.717, 1.165) is 27.2 Å². The number of aromatic nitrogens is 1. The van der Waals surface area contributed by atoms with E-state index in [1.807, 2.05) is 44.2 Å². The van der Waals surface area contributed by atoms with Gasteiger partial charge in [-0.05, 0) is 53.0 Å². The molecule has 0 saturated heterocycles. The Balaban J connectivity index is 2.19. The summed E-state index contributed by atoms with van der Waals surface area (Å²) in [5, 5.41) is 3.64. The largest absolute Gasteiger partial charge is 0.355 e. The zero-order valence-corrected chi connectivity index (χ0v) is 18.0. The lowest BCUT2D eigenvalue weighted by Gasteiger charge is -2.22. The average molecular weight is 450 g/mol. The SMILES string of the molecule is CCCNC(=O)CN(CCC)C(=O)c1ccccc1Sc1ccc(Br)cn1. The lowest BCUT2D eigenvalue weighted by Crippen LogP contribution is -2.41. The van der Waals surface area contributed by atoms with Crippen LogP contribution in [0.25, 0.3) is 0 Å². The van der Waals surface area contributed by atoms with E-state index < -0.39 is 0 Å². The van der Waals surface area contributed by atoms with Crippen LogP contribution >= 0.6 is 27.7 Å². The number of pyridine rings is 1. The lowest BCUT2D eigenvalue weighted by atomic mass is 10.2. The van der Waals surface area contributed by atoms with Gasteiger partial charge in [-0.2, -0.15) is 0 Å². The molecule has 0 fully saturated rings. The number of rotatable bonds is 9. The summed E-state index contributed by atoms with van der Waals surface area (Å²) in [6.45, 7) is 5.22. The van der Waals surface area contributed by atoms with Crippen molar-refractivity contribution in [1.82, 2.24) is 15.2 Å². The van der Waals surface area contributed by atoms with Crippen LogP contribution in [0.15, 0.2) is 57.0 Å².